The highest BCUT2D eigenvalue weighted by Gasteiger charge is 2.14. The minimum absolute atomic E-state index is 0.0806. The molecule has 0 radical (unpaired) electrons. The minimum atomic E-state index is -0.577. The van der Waals surface area contributed by atoms with Crippen LogP contribution in [-0.4, -0.2) is 26.7 Å². The van der Waals surface area contributed by atoms with Crippen LogP contribution in [-0.2, 0) is 4.79 Å². The second-order valence-electron chi connectivity index (χ2n) is 6.75. The minimum Gasteiger partial charge on any atom is -0.326 e. The Morgan fingerprint density at radius 2 is 1.81 bits per heavy atom. The van der Waals surface area contributed by atoms with Crippen LogP contribution in [0.25, 0.3) is 16.8 Å². The Bertz CT molecular complexity index is 1260. The van der Waals surface area contributed by atoms with Crippen molar-refractivity contribution in [1.82, 2.24) is 15.0 Å². The van der Waals surface area contributed by atoms with Crippen molar-refractivity contribution in [3.05, 3.63) is 96.3 Å². The van der Waals surface area contributed by atoms with Crippen molar-refractivity contribution in [2.45, 2.75) is 6.42 Å². The maximum Gasteiger partial charge on any atom is 0.232 e. The summed E-state index contributed by atoms with van der Waals surface area (Å²) in [5, 5.41) is 10.2. The fraction of sp³-hybridized carbons (Fsp3) is 0.0435. The molecule has 0 aliphatic carbocycles. The third-order valence-electron chi connectivity index (χ3n) is 4.56. The summed E-state index contributed by atoms with van der Waals surface area (Å²) < 4.78 is 29.0. The van der Waals surface area contributed by atoms with E-state index in [1.807, 2.05) is 0 Å². The molecular weight excluding hydrogens is 402 g/mol. The number of aromatic nitrogens is 3. The van der Waals surface area contributed by atoms with Crippen molar-refractivity contribution in [1.29, 1.82) is 0 Å². The Morgan fingerprint density at radius 1 is 0.968 bits per heavy atom. The van der Waals surface area contributed by atoms with Gasteiger partial charge < -0.3 is 5.32 Å². The number of Topliss-reactive ketones (excluding diaryl/α,β-unsaturated/α-hetero) is 1. The average Bonchev–Trinajstić information content (AvgIpc) is 3.31. The molecule has 1 heterocycles. The van der Waals surface area contributed by atoms with Gasteiger partial charge in [-0.15, -0.1) is 5.10 Å². The zero-order valence-electron chi connectivity index (χ0n) is 16.1. The van der Waals surface area contributed by atoms with Crippen LogP contribution in [0.3, 0.4) is 0 Å². The van der Waals surface area contributed by atoms with Crippen LogP contribution in [0.15, 0.2) is 79.1 Å². The Morgan fingerprint density at radius 3 is 2.61 bits per heavy atom. The number of hydrogen-bond acceptors (Lipinski definition) is 4. The van der Waals surface area contributed by atoms with Crippen molar-refractivity contribution >= 4 is 17.4 Å². The largest absolute Gasteiger partial charge is 0.326 e. The molecule has 1 amide bonds. The molecule has 0 unspecified atom stereocenters. The zero-order valence-corrected chi connectivity index (χ0v) is 16.1. The van der Waals surface area contributed by atoms with Crippen molar-refractivity contribution < 1.29 is 18.4 Å². The predicted molar refractivity (Wildman–Crippen MR) is 111 cm³/mol. The lowest BCUT2D eigenvalue weighted by molar-refractivity contribution is -0.115. The number of ketones is 1. The summed E-state index contributed by atoms with van der Waals surface area (Å²) in [6.45, 7) is 0. The van der Waals surface area contributed by atoms with Crippen LogP contribution in [0, 0.1) is 11.6 Å². The summed E-state index contributed by atoms with van der Waals surface area (Å²) in [6, 6.07) is 16.2. The predicted octanol–water partition coefficient (Wildman–Crippen LogP) is 4.42. The first kappa shape index (κ1) is 20.1. The summed E-state index contributed by atoms with van der Waals surface area (Å²) in [4.78, 5) is 24.9. The molecular formula is C23H16F2N4O2. The number of rotatable bonds is 6. The molecule has 31 heavy (non-hydrogen) atoms. The lowest BCUT2D eigenvalue weighted by Crippen LogP contribution is -2.16. The summed E-state index contributed by atoms with van der Waals surface area (Å²) in [7, 11) is 0. The number of nitrogens with zero attached hydrogens (tertiary/aromatic N) is 3. The zero-order chi connectivity index (χ0) is 21.8. The number of hydrogen-bond donors (Lipinski definition) is 1. The summed E-state index contributed by atoms with van der Waals surface area (Å²) in [5.74, 6) is -2.03. The van der Waals surface area contributed by atoms with E-state index < -0.39 is 17.5 Å². The van der Waals surface area contributed by atoms with Gasteiger partial charge in [-0.3, -0.25) is 9.59 Å². The number of halogens is 2. The number of benzene rings is 3. The van der Waals surface area contributed by atoms with E-state index in [4.69, 9.17) is 0 Å². The normalized spacial score (nSPS) is 10.6. The van der Waals surface area contributed by atoms with E-state index in [2.05, 4.69) is 15.6 Å². The van der Waals surface area contributed by atoms with Crippen molar-refractivity contribution in [3.8, 4) is 16.8 Å². The molecule has 1 aromatic heterocycles. The van der Waals surface area contributed by atoms with E-state index in [-0.39, 0.29) is 17.8 Å². The fourth-order valence-electron chi connectivity index (χ4n) is 3.10. The first-order valence-corrected chi connectivity index (χ1v) is 9.35. The fourth-order valence-corrected chi connectivity index (χ4v) is 3.10. The Hall–Kier alpha value is -4.20. The maximum atomic E-state index is 14.0. The summed E-state index contributed by atoms with van der Waals surface area (Å²) >= 11 is 0. The standard InChI is InChI=1S/C23H16F2N4O2/c24-17-7-8-21(25)20(13-17)15-3-1-5-18(11-15)27-23(31)14-22(30)16-4-2-6-19(12-16)29-10-9-26-28-29/h1-13H,14H2,(H,27,31). The molecule has 4 rings (SSSR count). The molecule has 154 valence electrons. The Balaban J connectivity index is 1.46. The third-order valence-corrected chi connectivity index (χ3v) is 4.56. The van der Waals surface area contributed by atoms with E-state index in [1.54, 1.807) is 48.7 Å². The van der Waals surface area contributed by atoms with Crippen molar-refractivity contribution in [3.63, 3.8) is 0 Å². The highest BCUT2D eigenvalue weighted by Crippen LogP contribution is 2.26. The van der Waals surface area contributed by atoms with Gasteiger partial charge in [0.05, 0.1) is 24.5 Å². The maximum absolute atomic E-state index is 14.0. The molecule has 8 heteroatoms. The number of carbonyl (C=O) groups is 2. The molecule has 4 aromatic rings. The molecule has 0 aliphatic heterocycles. The molecule has 0 saturated heterocycles. The number of nitrogens with one attached hydrogen (secondary N) is 1. The van der Waals surface area contributed by atoms with Gasteiger partial charge in [-0.2, -0.15) is 0 Å². The molecule has 0 saturated carbocycles. The number of amides is 1. The van der Waals surface area contributed by atoms with E-state index in [0.717, 1.165) is 18.2 Å². The van der Waals surface area contributed by atoms with Crippen molar-refractivity contribution in [2.75, 3.05) is 5.32 Å². The highest BCUT2D eigenvalue weighted by molar-refractivity contribution is 6.11. The van der Waals surface area contributed by atoms with Gasteiger partial charge in [-0.1, -0.05) is 29.5 Å². The van der Waals surface area contributed by atoms with E-state index in [1.165, 1.54) is 16.9 Å². The van der Waals surface area contributed by atoms with Crippen LogP contribution in [0.4, 0.5) is 14.5 Å². The van der Waals surface area contributed by atoms with Crippen molar-refractivity contribution in [2.24, 2.45) is 0 Å². The van der Waals surface area contributed by atoms with Gasteiger partial charge in [0.25, 0.3) is 0 Å². The van der Waals surface area contributed by atoms with E-state index in [9.17, 15) is 18.4 Å². The Labute approximate surface area is 176 Å². The quantitative estimate of drug-likeness (QED) is 0.371. The second-order valence-corrected chi connectivity index (χ2v) is 6.75. The van der Waals surface area contributed by atoms with Gasteiger partial charge in [0.2, 0.25) is 5.91 Å². The topological polar surface area (TPSA) is 76.9 Å². The monoisotopic (exact) mass is 418 g/mol. The van der Waals surface area contributed by atoms with Gasteiger partial charge in [0, 0.05) is 16.8 Å². The highest BCUT2D eigenvalue weighted by atomic mass is 19.1. The SMILES string of the molecule is O=C(CC(=O)c1cccc(-n2ccnn2)c1)Nc1cccc(-c2cc(F)ccc2F)c1. The second kappa shape index (κ2) is 8.66. The molecule has 3 aromatic carbocycles. The van der Waals surface area contributed by atoms with Crippen LogP contribution in [0.5, 0.6) is 0 Å². The van der Waals surface area contributed by atoms with E-state index in [0.29, 0.717) is 22.5 Å². The molecule has 0 fully saturated rings. The summed E-state index contributed by atoms with van der Waals surface area (Å²) in [5.41, 5.74) is 1.86. The number of anilines is 1. The van der Waals surface area contributed by atoms with Crippen LogP contribution in [0.1, 0.15) is 16.8 Å². The average molecular weight is 418 g/mol. The molecule has 6 nitrogen and oxygen atoms in total. The van der Waals surface area contributed by atoms with Gasteiger partial charge in [0.15, 0.2) is 5.78 Å². The van der Waals surface area contributed by atoms with Gasteiger partial charge in [-0.05, 0) is 48.0 Å². The molecule has 0 aliphatic rings. The summed E-state index contributed by atoms with van der Waals surface area (Å²) in [6.07, 6.45) is 2.79. The third kappa shape index (κ3) is 4.69. The lowest BCUT2D eigenvalue weighted by Gasteiger charge is -2.09. The number of carbonyl (C=O) groups excluding carboxylic acids is 2. The van der Waals surface area contributed by atoms with Crippen LogP contribution in [0.2, 0.25) is 0 Å². The molecule has 0 atom stereocenters. The first-order valence-electron chi connectivity index (χ1n) is 9.35. The van der Waals surface area contributed by atoms with Gasteiger partial charge in [0.1, 0.15) is 11.6 Å². The molecule has 1 N–H and O–H groups in total. The lowest BCUT2D eigenvalue weighted by atomic mass is 10.0. The van der Waals surface area contributed by atoms with Crippen LogP contribution >= 0.6 is 0 Å². The van der Waals surface area contributed by atoms with Gasteiger partial charge in [-0.25, -0.2) is 13.5 Å². The first-order chi connectivity index (χ1) is 15.0. The smallest absolute Gasteiger partial charge is 0.232 e. The van der Waals surface area contributed by atoms with Gasteiger partial charge >= 0.3 is 0 Å². The van der Waals surface area contributed by atoms with E-state index >= 15 is 0 Å². The Kier molecular flexibility index (Phi) is 5.61. The van der Waals surface area contributed by atoms with Crippen LogP contribution < -0.4 is 5.32 Å². The molecule has 0 bridgehead atoms. The molecule has 0 spiro atoms.